The monoisotopic (exact) mass is 373 g/mol. The molecule has 142 valence electrons. The van der Waals surface area contributed by atoms with Gasteiger partial charge in [-0.05, 0) is 25.0 Å². The van der Waals surface area contributed by atoms with Crippen molar-refractivity contribution < 1.29 is 23.6 Å². The highest BCUT2D eigenvalue weighted by Gasteiger charge is 2.23. The summed E-state index contributed by atoms with van der Waals surface area (Å²) in [6.07, 6.45) is 2.21. The second-order valence-corrected chi connectivity index (χ2v) is 6.23. The van der Waals surface area contributed by atoms with Crippen molar-refractivity contribution in [2.45, 2.75) is 25.4 Å². The third kappa shape index (κ3) is 4.17. The molecular weight excluding hydrogens is 354 g/mol. The minimum Gasteiger partial charge on any atom is -0.482 e. The first-order valence-corrected chi connectivity index (χ1v) is 8.73. The van der Waals surface area contributed by atoms with Gasteiger partial charge >= 0.3 is 6.03 Å². The number of nitrogens with zero attached hydrogens (tertiary/aromatic N) is 2. The number of rotatable bonds is 5. The van der Waals surface area contributed by atoms with Crippen LogP contribution < -0.4 is 20.7 Å². The number of anilines is 2. The number of benzene rings is 1. The number of hydrogen-bond donors (Lipinski definition) is 3. The summed E-state index contributed by atoms with van der Waals surface area (Å²) >= 11 is 0. The maximum atomic E-state index is 12.0. The Morgan fingerprint density at radius 2 is 2.30 bits per heavy atom. The van der Waals surface area contributed by atoms with Crippen molar-refractivity contribution in [2.24, 2.45) is 0 Å². The zero-order chi connectivity index (χ0) is 18.6. The van der Waals surface area contributed by atoms with Crippen LogP contribution in [-0.4, -0.2) is 41.8 Å². The molecule has 1 aromatic carbocycles. The normalized spacial score (nSPS) is 18.4. The molecule has 2 aliphatic heterocycles. The Labute approximate surface area is 154 Å². The molecule has 0 aliphatic carbocycles. The molecular formula is C17H19N5O5. The van der Waals surface area contributed by atoms with Crippen LogP contribution in [0.2, 0.25) is 0 Å². The van der Waals surface area contributed by atoms with Gasteiger partial charge in [0.05, 0.1) is 5.69 Å². The van der Waals surface area contributed by atoms with E-state index >= 15 is 0 Å². The molecule has 0 radical (unpaired) electrons. The van der Waals surface area contributed by atoms with Gasteiger partial charge in [0.15, 0.2) is 12.4 Å². The summed E-state index contributed by atoms with van der Waals surface area (Å²) in [5.41, 5.74) is 1.14. The van der Waals surface area contributed by atoms with Gasteiger partial charge in [0.1, 0.15) is 11.9 Å². The fraction of sp³-hybridized carbons (Fsp3) is 0.412. The van der Waals surface area contributed by atoms with E-state index in [9.17, 15) is 9.59 Å². The van der Waals surface area contributed by atoms with Gasteiger partial charge in [0.2, 0.25) is 0 Å². The van der Waals surface area contributed by atoms with Crippen molar-refractivity contribution in [3.8, 4) is 5.75 Å². The van der Waals surface area contributed by atoms with Crippen LogP contribution in [0.5, 0.6) is 5.75 Å². The molecule has 0 unspecified atom stereocenters. The maximum Gasteiger partial charge on any atom is 0.319 e. The van der Waals surface area contributed by atoms with Crippen molar-refractivity contribution >= 4 is 23.3 Å². The van der Waals surface area contributed by atoms with E-state index in [1.165, 1.54) is 0 Å². The first kappa shape index (κ1) is 17.3. The number of ether oxygens (including phenoxy) is 2. The zero-order valence-electron chi connectivity index (χ0n) is 14.5. The van der Waals surface area contributed by atoms with Gasteiger partial charge in [-0.15, -0.1) is 0 Å². The van der Waals surface area contributed by atoms with Crippen molar-refractivity contribution in [3.05, 3.63) is 29.9 Å². The quantitative estimate of drug-likeness (QED) is 0.726. The molecule has 1 aromatic heterocycles. The number of nitrogens with one attached hydrogen (secondary N) is 3. The van der Waals surface area contributed by atoms with Crippen molar-refractivity contribution in [1.29, 1.82) is 0 Å². The van der Waals surface area contributed by atoms with Crippen LogP contribution in [0.3, 0.4) is 0 Å². The molecule has 3 amide bonds. The maximum absolute atomic E-state index is 12.0. The van der Waals surface area contributed by atoms with Gasteiger partial charge in [-0.3, -0.25) is 4.79 Å². The Hall–Kier alpha value is -3.14. The molecule has 1 atom stereocenters. The van der Waals surface area contributed by atoms with E-state index in [0.29, 0.717) is 48.4 Å². The smallest absolute Gasteiger partial charge is 0.319 e. The van der Waals surface area contributed by atoms with E-state index in [-0.39, 0.29) is 24.6 Å². The number of fused-ring (bicyclic) bond motifs is 1. The van der Waals surface area contributed by atoms with Crippen LogP contribution in [-0.2, 0) is 16.0 Å². The van der Waals surface area contributed by atoms with Crippen LogP contribution in [0.25, 0.3) is 0 Å². The Bertz CT molecular complexity index is 846. The van der Waals surface area contributed by atoms with E-state index in [1.807, 2.05) is 0 Å². The highest BCUT2D eigenvalue weighted by Crippen LogP contribution is 2.30. The summed E-state index contributed by atoms with van der Waals surface area (Å²) in [7, 11) is 0. The Kier molecular flexibility index (Phi) is 4.88. The van der Waals surface area contributed by atoms with E-state index in [1.54, 1.807) is 18.2 Å². The predicted octanol–water partition coefficient (Wildman–Crippen LogP) is 1.62. The molecule has 0 bridgehead atoms. The number of aromatic nitrogens is 2. The average molecular weight is 373 g/mol. The van der Waals surface area contributed by atoms with Crippen LogP contribution in [0.4, 0.5) is 16.2 Å². The molecule has 10 heteroatoms. The van der Waals surface area contributed by atoms with Gasteiger partial charge in [-0.25, -0.2) is 4.79 Å². The lowest BCUT2D eigenvalue weighted by molar-refractivity contribution is -0.118. The summed E-state index contributed by atoms with van der Waals surface area (Å²) < 4.78 is 16.0. The first-order chi connectivity index (χ1) is 13.2. The Morgan fingerprint density at radius 3 is 3.15 bits per heavy atom. The van der Waals surface area contributed by atoms with Crippen molar-refractivity contribution in [1.82, 2.24) is 15.5 Å². The van der Waals surface area contributed by atoms with Gasteiger partial charge in [-0.2, -0.15) is 4.98 Å². The second kappa shape index (κ2) is 7.62. The largest absolute Gasteiger partial charge is 0.482 e. The first-order valence-electron chi connectivity index (χ1n) is 8.73. The van der Waals surface area contributed by atoms with Gasteiger partial charge in [-0.1, -0.05) is 5.16 Å². The fourth-order valence-corrected chi connectivity index (χ4v) is 2.89. The molecule has 3 N–H and O–H groups in total. The van der Waals surface area contributed by atoms with E-state index < -0.39 is 0 Å². The zero-order valence-corrected chi connectivity index (χ0v) is 14.5. The Morgan fingerprint density at radius 1 is 1.37 bits per heavy atom. The van der Waals surface area contributed by atoms with Gasteiger partial charge in [0, 0.05) is 31.3 Å². The molecule has 1 saturated heterocycles. The number of carbonyl (C=O) groups excluding carboxylic acids is 2. The average Bonchev–Trinajstić information content (AvgIpc) is 3.33. The second-order valence-electron chi connectivity index (χ2n) is 6.23. The summed E-state index contributed by atoms with van der Waals surface area (Å²) in [4.78, 5) is 27.6. The van der Waals surface area contributed by atoms with Gasteiger partial charge in [0.25, 0.3) is 11.8 Å². The standard InChI is InChI=1S/C17H19N5O5/c23-15-9-26-13-8-10(3-4-11(13)20-15)19-17(24)18-6-5-14-21-16(27-22-14)12-2-1-7-25-12/h3-4,8,12H,1-2,5-7,9H2,(H,20,23)(H2,18,19,24)/t12-/m0/s1. The molecule has 10 nitrogen and oxygen atoms in total. The molecule has 1 fully saturated rings. The molecule has 3 heterocycles. The van der Waals surface area contributed by atoms with E-state index in [0.717, 1.165) is 12.8 Å². The van der Waals surface area contributed by atoms with Crippen LogP contribution in [0.1, 0.15) is 30.7 Å². The summed E-state index contributed by atoms with van der Waals surface area (Å²) in [5.74, 6) is 1.33. The molecule has 0 saturated carbocycles. The van der Waals surface area contributed by atoms with Crippen molar-refractivity contribution in [3.63, 3.8) is 0 Å². The molecule has 4 rings (SSSR count). The molecule has 2 aliphatic rings. The van der Waals surface area contributed by atoms with Gasteiger partial charge < -0.3 is 29.9 Å². The SMILES string of the molecule is O=C1COc2cc(NC(=O)NCCc3noc([C@@H]4CCCO4)n3)ccc2N1. The third-order valence-corrected chi connectivity index (χ3v) is 4.20. The van der Waals surface area contributed by atoms with E-state index in [2.05, 4.69) is 26.1 Å². The third-order valence-electron chi connectivity index (χ3n) is 4.20. The van der Waals surface area contributed by atoms with Crippen LogP contribution in [0.15, 0.2) is 22.7 Å². The fourth-order valence-electron chi connectivity index (χ4n) is 2.89. The lowest BCUT2D eigenvalue weighted by Gasteiger charge is -2.18. The number of urea groups is 1. The minimum atomic E-state index is -0.363. The van der Waals surface area contributed by atoms with Crippen LogP contribution >= 0.6 is 0 Å². The summed E-state index contributed by atoms with van der Waals surface area (Å²) in [6.45, 7) is 1.03. The number of amides is 3. The lowest BCUT2D eigenvalue weighted by atomic mass is 10.2. The number of carbonyl (C=O) groups is 2. The summed E-state index contributed by atoms with van der Waals surface area (Å²) in [5, 5.41) is 12.0. The highest BCUT2D eigenvalue weighted by molar-refractivity contribution is 5.96. The van der Waals surface area contributed by atoms with Crippen LogP contribution in [0, 0.1) is 0 Å². The molecule has 2 aromatic rings. The molecule has 0 spiro atoms. The topological polar surface area (TPSA) is 128 Å². The number of hydrogen-bond acceptors (Lipinski definition) is 7. The summed E-state index contributed by atoms with van der Waals surface area (Å²) in [6, 6.07) is 4.65. The molecule has 27 heavy (non-hydrogen) atoms. The Balaban J connectivity index is 1.25. The van der Waals surface area contributed by atoms with E-state index in [4.69, 9.17) is 14.0 Å². The highest BCUT2D eigenvalue weighted by atomic mass is 16.5. The minimum absolute atomic E-state index is 0.0404. The predicted molar refractivity (Wildman–Crippen MR) is 93.5 cm³/mol. The lowest BCUT2D eigenvalue weighted by Crippen LogP contribution is -2.31. The van der Waals surface area contributed by atoms with Crippen molar-refractivity contribution in [2.75, 3.05) is 30.4 Å².